The van der Waals surface area contributed by atoms with Gasteiger partial charge in [-0.3, -0.25) is 23.6 Å². The minimum atomic E-state index is -0.418. The van der Waals surface area contributed by atoms with Crippen molar-refractivity contribution < 1.29 is 14.3 Å². The van der Waals surface area contributed by atoms with Crippen LogP contribution in [0.5, 0.6) is 11.5 Å². The van der Waals surface area contributed by atoms with E-state index in [0.717, 1.165) is 21.3 Å². The minimum Gasteiger partial charge on any atom is -0.489 e. The molecule has 0 radical (unpaired) electrons. The van der Waals surface area contributed by atoms with Crippen LogP contribution in [-0.4, -0.2) is 42.5 Å². The quantitative estimate of drug-likeness (QED) is 0.137. The first kappa shape index (κ1) is 33.2. The predicted molar refractivity (Wildman–Crippen MR) is 189 cm³/mol. The van der Waals surface area contributed by atoms with Crippen molar-refractivity contribution in [3.8, 4) is 11.5 Å². The zero-order valence-corrected chi connectivity index (χ0v) is 27.7. The summed E-state index contributed by atoms with van der Waals surface area (Å²) in [6.45, 7) is 2.51. The molecule has 0 amide bonds. The molecule has 2 aromatic heterocycles. The van der Waals surface area contributed by atoms with Gasteiger partial charge < -0.3 is 14.0 Å². The van der Waals surface area contributed by atoms with E-state index in [1.165, 1.54) is 11.6 Å². The molecule has 0 bridgehead atoms. The molecule has 4 aromatic carbocycles. The average molecular weight is 658 g/mol. The molecule has 250 valence electrons. The van der Waals surface area contributed by atoms with Crippen LogP contribution in [-0.2, 0) is 40.4 Å². The van der Waals surface area contributed by atoms with Crippen molar-refractivity contribution in [2.45, 2.75) is 32.7 Å². The van der Waals surface area contributed by atoms with Gasteiger partial charge in [-0.05, 0) is 35.2 Å². The molecule has 0 aliphatic carbocycles. The number of Topliss-reactive ketones (excluding diaryl/α,β-unsaturated/α-hetero) is 1. The molecule has 6 rings (SSSR count). The molecule has 0 spiro atoms. The second-order valence-corrected chi connectivity index (χ2v) is 12.0. The van der Waals surface area contributed by atoms with E-state index in [0.29, 0.717) is 67.5 Å². The summed E-state index contributed by atoms with van der Waals surface area (Å²) in [6.07, 6.45) is 2.24. The topological polar surface area (TPSA) is 101 Å². The van der Waals surface area contributed by atoms with Crippen molar-refractivity contribution in [2.75, 3.05) is 13.1 Å². The monoisotopic (exact) mass is 657 g/mol. The van der Waals surface area contributed by atoms with E-state index < -0.39 is 5.69 Å². The van der Waals surface area contributed by atoms with Crippen molar-refractivity contribution in [3.63, 3.8) is 0 Å². The molecule has 0 N–H and O–H groups in total. The first-order valence-electron chi connectivity index (χ1n) is 16.2. The minimum absolute atomic E-state index is 0.0670. The summed E-state index contributed by atoms with van der Waals surface area (Å²) < 4.78 is 16.5. The van der Waals surface area contributed by atoms with E-state index in [2.05, 4.69) is 9.88 Å². The lowest BCUT2D eigenvalue weighted by atomic mass is 10.1. The summed E-state index contributed by atoms with van der Waals surface area (Å²) >= 11 is 0. The molecule has 10 nitrogen and oxygen atoms in total. The zero-order valence-electron chi connectivity index (χ0n) is 27.7. The molecule has 49 heavy (non-hydrogen) atoms. The Kier molecular flexibility index (Phi) is 10.5. The number of ketones is 1. The molecular formula is C39H39N5O5. The second kappa shape index (κ2) is 15.4. The molecule has 6 aromatic rings. The Morgan fingerprint density at radius 3 is 1.86 bits per heavy atom. The standard InChI is InChI=1S/C39H39N5O5/c1-41-37-36(38(46)42(2)39(41)47)44(28-40-37)20-12-19-43(24-29-13-6-3-7-14-29)25-35(45)32-21-33(48-26-30-15-8-4-9-16-30)23-34(22-32)49-27-31-17-10-5-11-18-31/h3-11,13-18,21-23,28H,12,19-20,24-27H2,1-2H3. The van der Waals surface area contributed by atoms with Gasteiger partial charge in [0.1, 0.15) is 24.7 Å². The van der Waals surface area contributed by atoms with Crippen LogP contribution in [0.15, 0.2) is 125 Å². The number of carbonyl (C=O) groups is 1. The number of aromatic nitrogens is 4. The molecule has 0 aliphatic rings. The van der Waals surface area contributed by atoms with Gasteiger partial charge in [-0.1, -0.05) is 91.0 Å². The number of rotatable bonds is 15. The van der Waals surface area contributed by atoms with Crippen molar-refractivity contribution in [3.05, 3.63) is 159 Å². The first-order valence-corrected chi connectivity index (χ1v) is 16.2. The van der Waals surface area contributed by atoms with Crippen LogP contribution < -0.4 is 20.7 Å². The summed E-state index contributed by atoms with van der Waals surface area (Å²) in [5.74, 6) is 1.04. The maximum Gasteiger partial charge on any atom is 0.332 e. The molecule has 0 saturated carbocycles. The van der Waals surface area contributed by atoms with Gasteiger partial charge in [0.2, 0.25) is 0 Å². The smallest absolute Gasteiger partial charge is 0.332 e. The van der Waals surface area contributed by atoms with Gasteiger partial charge in [0.05, 0.1) is 12.9 Å². The van der Waals surface area contributed by atoms with Crippen LogP contribution in [0.1, 0.15) is 33.5 Å². The highest BCUT2D eigenvalue weighted by Gasteiger charge is 2.18. The number of carbonyl (C=O) groups excluding carboxylic acids is 1. The summed E-state index contributed by atoms with van der Waals surface area (Å²) in [5.41, 5.74) is 3.55. The van der Waals surface area contributed by atoms with Gasteiger partial charge in [0, 0.05) is 45.4 Å². The SMILES string of the molecule is Cn1c(=O)c2c(ncn2CCCN(CC(=O)c2cc(OCc3ccccc3)cc(OCc3ccccc3)c2)Cc2ccccc2)n(C)c1=O. The van der Waals surface area contributed by atoms with Crippen molar-refractivity contribution >= 4 is 16.9 Å². The lowest BCUT2D eigenvalue weighted by Gasteiger charge is -2.22. The van der Waals surface area contributed by atoms with Gasteiger partial charge in [-0.15, -0.1) is 0 Å². The molecule has 0 aliphatic heterocycles. The molecule has 0 fully saturated rings. The lowest BCUT2D eigenvalue weighted by Crippen LogP contribution is -2.37. The third-order valence-corrected chi connectivity index (χ3v) is 8.41. The fourth-order valence-electron chi connectivity index (χ4n) is 5.76. The van der Waals surface area contributed by atoms with Gasteiger partial charge in [-0.2, -0.15) is 0 Å². The van der Waals surface area contributed by atoms with E-state index in [4.69, 9.17) is 9.47 Å². The van der Waals surface area contributed by atoms with E-state index in [1.807, 2.05) is 97.1 Å². The number of hydrogen-bond acceptors (Lipinski definition) is 7. The van der Waals surface area contributed by atoms with E-state index >= 15 is 0 Å². The van der Waals surface area contributed by atoms with Crippen molar-refractivity contribution in [1.82, 2.24) is 23.6 Å². The number of imidazole rings is 1. The third-order valence-electron chi connectivity index (χ3n) is 8.41. The normalized spacial score (nSPS) is 11.2. The highest BCUT2D eigenvalue weighted by Crippen LogP contribution is 2.26. The Morgan fingerprint density at radius 1 is 0.735 bits per heavy atom. The average Bonchev–Trinajstić information content (AvgIpc) is 3.56. The largest absolute Gasteiger partial charge is 0.489 e. The fourth-order valence-corrected chi connectivity index (χ4v) is 5.76. The molecule has 0 unspecified atom stereocenters. The maximum atomic E-state index is 14.0. The van der Waals surface area contributed by atoms with E-state index in [-0.39, 0.29) is 17.9 Å². The zero-order chi connectivity index (χ0) is 34.2. The van der Waals surface area contributed by atoms with Gasteiger partial charge in [-0.25, -0.2) is 9.78 Å². The third kappa shape index (κ3) is 8.22. The highest BCUT2D eigenvalue weighted by molar-refractivity contribution is 5.98. The van der Waals surface area contributed by atoms with Crippen LogP contribution in [0.2, 0.25) is 0 Å². The lowest BCUT2D eigenvalue weighted by molar-refractivity contribution is 0.0922. The van der Waals surface area contributed by atoms with Crippen LogP contribution in [0, 0.1) is 0 Å². The Balaban J connectivity index is 1.21. The number of ether oxygens (including phenoxy) is 2. The van der Waals surface area contributed by atoms with Crippen LogP contribution in [0.3, 0.4) is 0 Å². The Morgan fingerprint density at radius 2 is 1.29 bits per heavy atom. The van der Waals surface area contributed by atoms with Crippen LogP contribution in [0.4, 0.5) is 0 Å². The molecule has 0 saturated heterocycles. The summed E-state index contributed by atoms with van der Waals surface area (Å²) in [5, 5.41) is 0. The highest BCUT2D eigenvalue weighted by atomic mass is 16.5. The van der Waals surface area contributed by atoms with Gasteiger partial charge in [0.25, 0.3) is 5.56 Å². The predicted octanol–water partition coefficient (Wildman–Crippen LogP) is 5.37. The summed E-state index contributed by atoms with van der Waals surface area (Å²) in [6, 6.07) is 35.1. The number of benzene rings is 4. The maximum absolute atomic E-state index is 14.0. The Bertz CT molecular complexity index is 2080. The number of aryl methyl sites for hydroxylation is 2. The molecule has 10 heteroatoms. The van der Waals surface area contributed by atoms with E-state index in [9.17, 15) is 14.4 Å². The second-order valence-electron chi connectivity index (χ2n) is 12.0. The van der Waals surface area contributed by atoms with E-state index in [1.54, 1.807) is 30.1 Å². The van der Waals surface area contributed by atoms with Gasteiger partial charge in [0.15, 0.2) is 16.9 Å². The van der Waals surface area contributed by atoms with Crippen LogP contribution >= 0.6 is 0 Å². The molecule has 0 atom stereocenters. The summed E-state index contributed by atoms with van der Waals surface area (Å²) in [4.78, 5) is 45.7. The van der Waals surface area contributed by atoms with Crippen molar-refractivity contribution in [1.29, 1.82) is 0 Å². The van der Waals surface area contributed by atoms with Gasteiger partial charge >= 0.3 is 5.69 Å². The number of fused-ring (bicyclic) bond motifs is 1. The number of hydrogen-bond donors (Lipinski definition) is 0. The Hall–Kier alpha value is -5.74. The van der Waals surface area contributed by atoms with Crippen LogP contribution in [0.25, 0.3) is 11.2 Å². The first-order chi connectivity index (χ1) is 23.9. The number of nitrogens with zero attached hydrogens (tertiary/aromatic N) is 5. The fraction of sp³-hybridized carbons (Fsp3) is 0.231. The molecular weight excluding hydrogens is 618 g/mol. The summed E-state index contributed by atoms with van der Waals surface area (Å²) in [7, 11) is 3.07. The Labute approximate surface area is 284 Å². The van der Waals surface area contributed by atoms with Crippen molar-refractivity contribution in [2.24, 2.45) is 14.1 Å². The molecule has 2 heterocycles.